The Balaban J connectivity index is 1.92. The fraction of sp³-hybridized carbons (Fsp3) is 0.533. The number of carboxylic acid groups (broad SMARTS) is 1. The summed E-state index contributed by atoms with van der Waals surface area (Å²) in [6.07, 6.45) is 1.83. The van der Waals surface area contributed by atoms with Crippen molar-refractivity contribution in [2.75, 3.05) is 26.7 Å². The number of carboxylic acids is 1. The van der Waals surface area contributed by atoms with Crippen molar-refractivity contribution in [3.05, 3.63) is 29.3 Å². The van der Waals surface area contributed by atoms with Gasteiger partial charge in [0.05, 0.1) is 5.92 Å². The minimum Gasteiger partial charge on any atom is -0.493 e. The van der Waals surface area contributed by atoms with Crippen molar-refractivity contribution in [3.63, 3.8) is 0 Å². The third kappa shape index (κ3) is 4.12. The highest BCUT2D eigenvalue weighted by molar-refractivity contribution is 6.30. The van der Waals surface area contributed by atoms with Crippen LogP contribution in [0.1, 0.15) is 12.8 Å². The molecule has 1 aromatic carbocycles. The Labute approximate surface area is 124 Å². The summed E-state index contributed by atoms with van der Waals surface area (Å²) >= 11 is 5.81. The number of likely N-dealkylation sites (tertiary alicyclic amines) is 1. The lowest BCUT2D eigenvalue weighted by Gasteiger charge is -2.32. The zero-order chi connectivity index (χ0) is 14.5. The zero-order valence-electron chi connectivity index (χ0n) is 11.6. The first-order valence-electron chi connectivity index (χ1n) is 6.86. The van der Waals surface area contributed by atoms with Crippen LogP contribution < -0.4 is 4.74 Å². The van der Waals surface area contributed by atoms with Crippen LogP contribution in [-0.4, -0.2) is 42.7 Å². The third-order valence-electron chi connectivity index (χ3n) is 3.89. The van der Waals surface area contributed by atoms with E-state index in [2.05, 4.69) is 11.9 Å². The van der Waals surface area contributed by atoms with Crippen LogP contribution in [0.2, 0.25) is 5.02 Å². The number of piperidine rings is 1. The van der Waals surface area contributed by atoms with Crippen molar-refractivity contribution in [1.82, 2.24) is 4.90 Å². The Kier molecular flexibility index (Phi) is 5.26. The summed E-state index contributed by atoms with van der Waals surface area (Å²) in [5, 5.41) is 10.0. The third-order valence-corrected chi connectivity index (χ3v) is 4.14. The molecule has 0 radical (unpaired) electrons. The molecule has 110 valence electrons. The molecule has 0 spiro atoms. The molecule has 1 aliphatic rings. The number of nitrogens with zero attached hydrogens (tertiary/aromatic N) is 1. The molecule has 1 saturated heterocycles. The van der Waals surface area contributed by atoms with E-state index in [1.807, 2.05) is 0 Å². The Morgan fingerprint density at radius 2 is 2.00 bits per heavy atom. The second kappa shape index (κ2) is 6.95. The number of benzene rings is 1. The van der Waals surface area contributed by atoms with E-state index in [0.717, 1.165) is 25.9 Å². The van der Waals surface area contributed by atoms with Crippen LogP contribution in [0.5, 0.6) is 5.75 Å². The van der Waals surface area contributed by atoms with Crippen molar-refractivity contribution in [2.24, 2.45) is 11.8 Å². The van der Waals surface area contributed by atoms with Gasteiger partial charge < -0.3 is 14.7 Å². The molecular weight excluding hydrogens is 278 g/mol. The van der Waals surface area contributed by atoms with E-state index in [1.54, 1.807) is 24.3 Å². The average Bonchev–Trinajstić information content (AvgIpc) is 2.43. The molecule has 1 heterocycles. The van der Waals surface area contributed by atoms with Crippen molar-refractivity contribution in [1.29, 1.82) is 0 Å². The molecule has 1 fully saturated rings. The van der Waals surface area contributed by atoms with Crippen LogP contribution in [-0.2, 0) is 4.79 Å². The van der Waals surface area contributed by atoms with Crippen LogP contribution in [0.3, 0.4) is 0 Å². The van der Waals surface area contributed by atoms with Crippen molar-refractivity contribution in [3.8, 4) is 5.75 Å². The molecule has 5 heteroatoms. The van der Waals surface area contributed by atoms with Crippen molar-refractivity contribution >= 4 is 17.6 Å². The molecule has 1 aromatic rings. The van der Waals surface area contributed by atoms with Gasteiger partial charge in [-0.15, -0.1) is 0 Å². The summed E-state index contributed by atoms with van der Waals surface area (Å²) < 4.78 is 5.61. The first-order chi connectivity index (χ1) is 9.56. The van der Waals surface area contributed by atoms with E-state index >= 15 is 0 Å². The minimum absolute atomic E-state index is 0.191. The summed E-state index contributed by atoms with van der Waals surface area (Å²) in [6, 6.07) is 7.00. The Morgan fingerprint density at radius 1 is 1.40 bits per heavy atom. The van der Waals surface area contributed by atoms with Crippen LogP contribution in [0, 0.1) is 11.8 Å². The number of rotatable bonds is 5. The van der Waals surface area contributed by atoms with E-state index in [-0.39, 0.29) is 12.5 Å². The largest absolute Gasteiger partial charge is 0.493 e. The van der Waals surface area contributed by atoms with Crippen molar-refractivity contribution < 1.29 is 14.6 Å². The van der Waals surface area contributed by atoms with Gasteiger partial charge in [-0.05, 0) is 63.2 Å². The van der Waals surface area contributed by atoms with Crippen molar-refractivity contribution in [2.45, 2.75) is 12.8 Å². The smallest absolute Gasteiger partial charge is 0.310 e. The highest BCUT2D eigenvalue weighted by Gasteiger charge is 2.31. The number of carbonyl (C=O) groups is 1. The first-order valence-corrected chi connectivity index (χ1v) is 7.24. The summed E-state index contributed by atoms with van der Waals surface area (Å²) in [5.74, 6) is -0.363. The number of halogens is 1. The molecule has 0 saturated carbocycles. The SMILES string of the molecule is CN1CCC(C(COc2ccc(Cl)cc2)C(=O)O)CC1. The monoisotopic (exact) mass is 297 g/mol. The van der Waals surface area contributed by atoms with Crippen LogP contribution in [0.4, 0.5) is 0 Å². The van der Waals surface area contributed by atoms with Gasteiger partial charge in [0, 0.05) is 5.02 Å². The maximum absolute atomic E-state index is 11.4. The fourth-order valence-electron chi connectivity index (χ4n) is 2.56. The number of hydrogen-bond acceptors (Lipinski definition) is 3. The minimum atomic E-state index is -0.770. The summed E-state index contributed by atoms with van der Waals surface area (Å²) in [6.45, 7) is 2.12. The molecule has 0 bridgehead atoms. The van der Waals surface area contributed by atoms with Crippen LogP contribution >= 0.6 is 11.6 Å². The Morgan fingerprint density at radius 3 is 2.55 bits per heavy atom. The van der Waals surface area contributed by atoms with E-state index in [4.69, 9.17) is 16.3 Å². The lowest BCUT2D eigenvalue weighted by molar-refractivity contribution is -0.145. The molecule has 1 aliphatic heterocycles. The maximum Gasteiger partial charge on any atom is 0.310 e. The quantitative estimate of drug-likeness (QED) is 0.908. The summed E-state index contributed by atoms with van der Waals surface area (Å²) in [7, 11) is 2.07. The molecule has 1 atom stereocenters. The van der Waals surface area contributed by atoms with Gasteiger partial charge in [0.25, 0.3) is 0 Å². The zero-order valence-corrected chi connectivity index (χ0v) is 12.3. The molecule has 1 unspecified atom stereocenters. The van der Waals surface area contributed by atoms with E-state index in [9.17, 15) is 9.90 Å². The topological polar surface area (TPSA) is 49.8 Å². The predicted octanol–water partition coefficient (Wildman–Crippen LogP) is 2.76. The lowest BCUT2D eigenvalue weighted by atomic mass is 9.85. The van der Waals surface area contributed by atoms with Gasteiger partial charge in [0.1, 0.15) is 12.4 Å². The van der Waals surface area contributed by atoms with E-state index in [0.29, 0.717) is 10.8 Å². The highest BCUT2D eigenvalue weighted by atomic mass is 35.5. The van der Waals surface area contributed by atoms with Gasteiger partial charge in [-0.1, -0.05) is 11.6 Å². The van der Waals surface area contributed by atoms with Crippen LogP contribution in [0.15, 0.2) is 24.3 Å². The fourth-order valence-corrected chi connectivity index (χ4v) is 2.68. The maximum atomic E-state index is 11.4. The Hall–Kier alpha value is -1.26. The van der Waals surface area contributed by atoms with Gasteiger partial charge in [0.15, 0.2) is 0 Å². The molecule has 0 amide bonds. The summed E-state index contributed by atoms with van der Waals surface area (Å²) in [4.78, 5) is 13.7. The average molecular weight is 298 g/mol. The second-order valence-electron chi connectivity index (χ2n) is 5.35. The summed E-state index contributed by atoms with van der Waals surface area (Å²) in [5.41, 5.74) is 0. The highest BCUT2D eigenvalue weighted by Crippen LogP contribution is 2.26. The van der Waals surface area contributed by atoms with E-state index < -0.39 is 11.9 Å². The predicted molar refractivity (Wildman–Crippen MR) is 78.3 cm³/mol. The molecular formula is C15H20ClNO3. The molecule has 1 N–H and O–H groups in total. The lowest BCUT2D eigenvalue weighted by Crippen LogP contribution is -2.38. The first kappa shape index (κ1) is 15.1. The van der Waals surface area contributed by atoms with Crippen LogP contribution in [0.25, 0.3) is 0 Å². The van der Waals surface area contributed by atoms with E-state index in [1.165, 1.54) is 0 Å². The van der Waals surface area contributed by atoms with Gasteiger partial charge in [0.2, 0.25) is 0 Å². The number of hydrogen-bond donors (Lipinski definition) is 1. The van der Waals surface area contributed by atoms with Gasteiger partial charge in [-0.2, -0.15) is 0 Å². The Bertz CT molecular complexity index is 441. The van der Waals surface area contributed by atoms with Gasteiger partial charge in [-0.25, -0.2) is 0 Å². The number of ether oxygens (including phenoxy) is 1. The normalized spacial score (nSPS) is 18.7. The molecule has 0 aliphatic carbocycles. The number of aliphatic carboxylic acids is 1. The molecule has 0 aromatic heterocycles. The molecule has 2 rings (SSSR count). The molecule has 4 nitrogen and oxygen atoms in total. The van der Waals surface area contributed by atoms with Gasteiger partial charge in [-0.3, -0.25) is 4.79 Å². The standard InChI is InChI=1S/C15H20ClNO3/c1-17-8-6-11(7-9-17)14(15(18)19)10-20-13-4-2-12(16)3-5-13/h2-5,11,14H,6-10H2,1H3,(H,18,19). The van der Waals surface area contributed by atoms with Gasteiger partial charge >= 0.3 is 5.97 Å². The second-order valence-corrected chi connectivity index (χ2v) is 5.79. The molecule has 20 heavy (non-hydrogen) atoms.